The van der Waals surface area contributed by atoms with Crippen LogP contribution in [0.25, 0.3) is 4.83 Å². The molecule has 0 unspecified atom stereocenters. The highest BCUT2D eigenvalue weighted by Gasteiger charge is 2.17. The largest absolute Gasteiger partial charge is 0.295 e. The molecule has 3 rings (SSSR count). The molecule has 0 amide bonds. The smallest absolute Gasteiger partial charge is 0.215 e. The first-order valence-corrected chi connectivity index (χ1v) is 6.43. The van der Waals surface area contributed by atoms with Crippen molar-refractivity contribution in [3.05, 3.63) is 52.1 Å². The second-order valence-electron chi connectivity index (χ2n) is 3.41. The number of pyridine rings is 1. The third-order valence-corrected chi connectivity index (χ3v) is 3.91. The van der Waals surface area contributed by atoms with Gasteiger partial charge in [0.1, 0.15) is 16.9 Å². The summed E-state index contributed by atoms with van der Waals surface area (Å²) in [6.07, 6.45) is 6.71. The number of aromatic nitrogens is 3. The van der Waals surface area contributed by atoms with Crippen LogP contribution in [-0.4, -0.2) is 20.2 Å². The Bertz CT molecular complexity index is 689. The number of carbonyl (C=O) groups is 1. The predicted molar refractivity (Wildman–Crippen MR) is 68.4 cm³/mol. The van der Waals surface area contributed by atoms with Crippen molar-refractivity contribution in [2.75, 3.05) is 0 Å². The second kappa shape index (κ2) is 4.05. The molecule has 0 N–H and O–H groups in total. The molecule has 0 bridgehead atoms. The fourth-order valence-electron chi connectivity index (χ4n) is 1.56. The molecular weight excluding hydrogens is 302 g/mol. The van der Waals surface area contributed by atoms with Gasteiger partial charge in [-0.15, -0.1) is 11.3 Å². The van der Waals surface area contributed by atoms with Gasteiger partial charge in [0.2, 0.25) is 5.78 Å². The number of halogens is 1. The van der Waals surface area contributed by atoms with Crippen molar-refractivity contribution in [3.63, 3.8) is 0 Å². The molecule has 84 valence electrons. The number of imidazole rings is 1. The number of hydrogen-bond donors (Lipinski definition) is 0. The number of hydrogen-bond acceptors (Lipinski definition) is 4. The Hall–Kier alpha value is -1.53. The van der Waals surface area contributed by atoms with Crippen molar-refractivity contribution in [1.29, 1.82) is 0 Å². The van der Waals surface area contributed by atoms with Crippen LogP contribution in [0, 0.1) is 0 Å². The van der Waals surface area contributed by atoms with Crippen LogP contribution >= 0.6 is 27.3 Å². The number of nitrogens with zero attached hydrogens (tertiary/aromatic N) is 3. The van der Waals surface area contributed by atoms with Gasteiger partial charge in [-0.05, 0) is 28.1 Å². The molecule has 6 heteroatoms. The summed E-state index contributed by atoms with van der Waals surface area (Å²) < 4.78 is 2.80. The van der Waals surface area contributed by atoms with Crippen molar-refractivity contribution in [2.24, 2.45) is 0 Å². The van der Waals surface area contributed by atoms with Crippen molar-refractivity contribution in [3.8, 4) is 0 Å². The van der Waals surface area contributed by atoms with E-state index in [0.29, 0.717) is 11.3 Å². The van der Waals surface area contributed by atoms with E-state index in [-0.39, 0.29) is 5.78 Å². The zero-order valence-electron chi connectivity index (χ0n) is 8.50. The van der Waals surface area contributed by atoms with Crippen molar-refractivity contribution < 1.29 is 4.79 Å². The van der Waals surface area contributed by atoms with E-state index in [1.54, 1.807) is 30.9 Å². The van der Waals surface area contributed by atoms with Gasteiger partial charge >= 0.3 is 0 Å². The lowest BCUT2D eigenvalue weighted by molar-refractivity contribution is 0.103. The van der Waals surface area contributed by atoms with Gasteiger partial charge in [0.15, 0.2) is 0 Å². The minimum atomic E-state index is -0.102. The molecule has 4 nitrogen and oxygen atoms in total. The predicted octanol–water partition coefficient (Wildman–Crippen LogP) is 2.78. The number of ketones is 1. The summed E-state index contributed by atoms with van der Waals surface area (Å²) in [5.74, 6) is -0.102. The van der Waals surface area contributed by atoms with Gasteiger partial charge < -0.3 is 0 Å². The maximum Gasteiger partial charge on any atom is 0.215 e. The first-order chi connectivity index (χ1) is 8.25. The maximum absolute atomic E-state index is 12.2. The SMILES string of the molecule is O=C(c1cccnc1)c1ncn2cc(Br)sc12. The molecule has 17 heavy (non-hydrogen) atoms. The zero-order chi connectivity index (χ0) is 11.8. The molecule has 0 saturated carbocycles. The third kappa shape index (κ3) is 1.79. The van der Waals surface area contributed by atoms with Crippen LogP contribution in [-0.2, 0) is 0 Å². The maximum atomic E-state index is 12.2. The van der Waals surface area contributed by atoms with E-state index in [1.165, 1.54) is 11.3 Å². The molecule has 3 aromatic rings. The summed E-state index contributed by atoms with van der Waals surface area (Å²) in [4.78, 5) is 21.1. The standard InChI is InChI=1S/C11H6BrN3OS/c12-8-5-15-6-14-9(11(15)17-8)10(16)7-2-1-3-13-4-7/h1-6H. The van der Waals surface area contributed by atoms with Gasteiger partial charge in [-0.3, -0.25) is 14.2 Å². The van der Waals surface area contributed by atoms with Crippen LogP contribution in [0.2, 0.25) is 0 Å². The van der Waals surface area contributed by atoms with E-state index in [0.717, 1.165) is 8.62 Å². The highest BCUT2D eigenvalue weighted by molar-refractivity contribution is 9.11. The molecule has 0 fully saturated rings. The van der Waals surface area contributed by atoms with E-state index in [4.69, 9.17) is 0 Å². The number of thiazole rings is 1. The van der Waals surface area contributed by atoms with Crippen molar-refractivity contribution in [1.82, 2.24) is 14.4 Å². The highest BCUT2D eigenvalue weighted by atomic mass is 79.9. The Morgan fingerprint density at radius 2 is 2.35 bits per heavy atom. The molecule has 0 atom stereocenters. The topological polar surface area (TPSA) is 47.3 Å². The van der Waals surface area contributed by atoms with Crippen molar-refractivity contribution >= 4 is 37.9 Å². The van der Waals surface area contributed by atoms with Gasteiger partial charge in [0.25, 0.3) is 0 Å². The highest BCUT2D eigenvalue weighted by Crippen LogP contribution is 2.26. The minimum absolute atomic E-state index is 0.102. The molecule has 0 aliphatic carbocycles. The quantitative estimate of drug-likeness (QED) is 0.684. The summed E-state index contributed by atoms with van der Waals surface area (Å²) in [6.45, 7) is 0. The lowest BCUT2D eigenvalue weighted by atomic mass is 10.1. The first-order valence-electron chi connectivity index (χ1n) is 4.82. The molecule has 0 radical (unpaired) electrons. The molecular formula is C11H6BrN3OS. The van der Waals surface area contributed by atoms with Gasteiger partial charge in [0.05, 0.1) is 3.79 Å². The normalized spacial score (nSPS) is 10.9. The van der Waals surface area contributed by atoms with E-state index >= 15 is 0 Å². The average Bonchev–Trinajstić information content (AvgIpc) is 2.88. The lowest BCUT2D eigenvalue weighted by Crippen LogP contribution is -2.01. The summed E-state index contributed by atoms with van der Waals surface area (Å²) in [5.41, 5.74) is 1.02. The monoisotopic (exact) mass is 307 g/mol. The van der Waals surface area contributed by atoms with Gasteiger partial charge in [-0.1, -0.05) is 0 Å². The zero-order valence-corrected chi connectivity index (χ0v) is 10.9. The number of fused-ring (bicyclic) bond motifs is 1. The summed E-state index contributed by atoms with van der Waals surface area (Å²) in [6, 6.07) is 3.48. The van der Waals surface area contributed by atoms with Crippen LogP contribution < -0.4 is 0 Å². The molecule has 0 aliphatic heterocycles. The summed E-state index contributed by atoms with van der Waals surface area (Å²) >= 11 is 4.87. The Kier molecular flexibility index (Phi) is 2.53. The average molecular weight is 308 g/mol. The Morgan fingerprint density at radius 3 is 3.12 bits per heavy atom. The molecule has 0 spiro atoms. The number of carbonyl (C=O) groups excluding carboxylic acids is 1. The van der Waals surface area contributed by atoms with Crippen LogP contribution in [0.15, 0.2) is 40.8 Å². The Balaban J connectivity index is 2.13. The van der Waals surface area contributed by atoms with Crippen molar-refractivity contribution in [2.45, 2.75) is 0 Å². The Labute approximate surface area is 109 Å². The van der Waals surface area contributed by atoms with Crippen LogP contribution in [0.5, 0.6) is 0 Å². The molecule has 3 aromatic heterocycles. The summed E-state index contributed by atoms with van der Waals surface area (Å²) in [5, 5.41) is 0. The van der Waals surface area contributed by atoms with Crippen LogP contribution in [0.3, 0.4) is 0 Å². The molecule has 3 heterocycles. The van der Waals surface area contributed by atoms with Gasteiger partial charge in [0, 0.05) is 24.2 Å². The Morgan fingerprint density at radius 1 is 1.47 bits per heavy atom. The fraction of sp³-hybridized carbons (Fsp3) is 0. The second-order valence-corrected chi connectivity index (χ2v) is 5.82. The first kappa shape index (κ1) is 10.6. The fourth-order valence-corrected chi connectivity index (χ4v) is 3.04. The lowest BCUT2D eigenvalue weighted by Gasteiger charge is -1.95. The van der Waals surface area contributed by atoms with E-state index in [2.05, 4.69) is 25.9 Å². The minimum Gasteiger partial charge on any atom is -0.295 e. The molecule has 0 aromatic carbocycles. The van der Waals surface area contributed by atoms with E-state index in [1.807, 2.05) is 10.6 Å². The van der Waals surface area contributed by atoms with E-state index < -0.39 is 0 Å². The van der Waals surface area contributed by atoms with Gasteiger partial charge in [-0.25, -0.2) is 4.98 Å². The number of rotatable bonds is 2. The van der Waals surface area contributed by atoms with E-state index in [9.17, 15) is 4.79 Å². The molecule has 0 saturated heterocycles. The third-order valence-electron chi connectivity index (χ3n) is 2.32. The van der Waals surface area contributed by atoms with Gasteiger partial charge in [-0.2, -0.15) is 0 Å². The van der Waals surface area contributed by atoms with Crippen LogP contribution in [0.1, 0.15) is 16.1 Å². The van der Waals surface area contributed by atoms with Crippen LogP contribution in [0.4, 0.5) is 0 Å². The summed E-state index contributed by atoms with van der Waals surface area (Å²) in [7, 11) is 0. The molecule has 0 aliphatic rings.